The van der Waals surface area contributed by atoms with Crippen LogP contribution in [0.4, 0.5) is 4.39 Å². The standard InChI is InChI=1S/C12H11BrFNO3/c13-9-2-1-8(4-10(9)14)12(18)15-5-7(6-15)3-11(16)17/h1-2,4,7H,3,5-6H2,(H,16,17). The first-order valence-electron chi connectivity index (χ1n) is 5.43. The number of likely N-dealkylation sites (tertiary alicyclic amines) is 1. The van der Waals surface area contributed by atoms with Crippen LogP contribution in [0.3, 0.4) is 0 Å². The van der Waals surface area contributed by atoms with E-state index in [9.17, 15) is 14.0 Å². The van der Waals surface area contributed by atoms with Crippen molar-refractivity contribution in [1.82, 2.24) is 4.90 Å². The molecule has 1 amide bonds. The minimum Gasteiger partial charge on any atom is -0.481 e. The van der Waals surface area contributed by atoms with Gasteiger partial charge >= 0.3 is 5.97 Å². The molecule has 18 heavy (non-hydrogen) atoms. The van der Waals surface area contributed by atoms with Crippen LogP contribution in [0, 0.1) is 11.7 Å². The first kappa shape index (κ1) is 13.0. The number of carbonyl (C=O) groups is 2. The zero-order valence-electron chi connectivity index (χ0n) is 9.40. The summed E-state index contributed by atoms with van der Waals surface area (Å²) in [5, 5.41) is 8.60. The Morgan fingerprint density at radius 2 is 2.11 bits per heavy atom. The van der Waals surface area contributed by atoms with E-state index in [4.69, 9.17) is 5.11 Å². The van der Waals surface area contributed by atoms with Crippen LogP contribution in [-0.2, 0) is 4.79 Å². The number of nitrogens with zero attached hydrogens (tertiary/aromatic N) is 1. The van der Waals surface area contributed by atoms with E-state index >= 15 is 0 Å². The number of hydrogen-bond acceptors (Lipinski definition) is 2. The van der Waals surface area contributed by atoms with Crippen LogP contribution >= 0.6 is 15.9 Å². The van der Waals surface area contributed by atoms with Gasteiger partial charge in [-0.05, 0) is 34.1 Å². The summed E-state index contributed by atoms with van der Waals surface area (Å²) in [6.07, 6.45) is 0.0679. The second-order valence-corrected chi connectivity index (χ2v) is 5.16. The molecule has 1 saturated heterocycles. The number of carbonyl (C=O) groups excluding carboxylic acids is 1. The number of benzene rings is 1. The average Bonchev–Trinajstić information content (AvgIpc) is 2.25. The minimum absolute atomic E-state index is 0.00625. The Morgan fingerprint density at radius 3 is 2.67 bits per heavy atom. The Labute approximate surface area is 112 Å². The molecular weight excluding hydrogens is 305 g/mol. The molecule has 4 nitrogen and oxygen atoms in total. The van der Waals surface area contributed by atoms with Gasteiger partial charge in [-0.2, -0.15) is 0 Å². The average molecular weight is 316 g/mol. The zero-order valence-corrected chi connectivity index (χ0v) is 11.0. The van der Waals surface area contributed by atoms with E-state index < -0.39 is 11.8 Å². The summed E-state index contributed by atoms with van der Waals surface area (Å²) >= 11 is 3.02. The van der Waals surface area contributed by atoms with Gasteiger partial charge in [-0.3, -0.25) is 9.59 Å². The number of carboxylic acid groups (broad SMARTS) is 1. The maximum absolute atomic E-state index is 13.3. The fourth-order valence-electron chi connectivity index (χ4n) is 1.92. The lowest BCUT2D eigenvalue weighted by Crippen LogP contribution is -2.50. The smallest absolute Gasteiger partial charge is 0.303 e. The summed E-state index contributed by atoms with van der Waals surface area (Å²) in [6, 6.07) is 4.20. The Kier molecular flexibility index (Phi) is 3.65. The predicted molar refractivity (Wildman–Crippen MR) is 65.7 cm³/mol. The minimum atomic E-state index is -0.859. The van der Waals surface area contributed by atoms with E-state index in [1.165, 1.54) is 17.0 Å². The SMILES string of the molecule is O=C(O)CC1CN(C(=O)c2ccc(Br)c(F)c2)C1. The van der Waals surface area contributed by atoms with Gasteiger partial charge < -0.3 is 10.0 Å². The highest BCUT2D eigenvalue weighted by atomic mass is 79.9. The van der Waals surface area contributed by atoms with E-state index in [1.54, 1.807) is 6.07 Å². The van der Waals surface area contributed by atoms with Crippen molar-refractivity contribution >= 4 is 27.8 Å². The van der Waals surface area contributed by atoms with Gasteiger partial charge in [-0.1, -0.05) is 0 Å². The fourth-order valence-corrected chi connectivity index (χ4v) is 2.17. The molecule has 0 spiro atoms. The van der Waals surface area contributed by atoms with Gasteiger partial charge in [0, 0.05) is 24.6 Å². The van der Waals surface area contributed by atoms with E-state index in [0.29, 0.717) is 17.6 Å². The topological polar surface area (TPSA) is 57.6 Å². The molecule has 1 aromatic rings. The van der Waals surface area contributed by atoms with Crippen LogP contribution in [0.5, 0.6) is 0 Å². The van der Waals surface area contributed by atoms with Gasteiger partial charge in [0.2, 0.25) is 0 Å². The van der Waals surface area contributed by atoms with Crippen molar-refractivity contribution in [2.45, 2.75) is 6.42 Å². The van der Waals surface area contributed by atoms with Gasteiger partial charge in [0.1, 0.15) is 5.82 Å². The first-order valence-corrected chi connectivity index (χ1v) is 6.23. The van der Waals surface area contributed by atoms with Crippen molar-refractivity contribution < 1.29 is 19.1 Å². The van der Waals surface area contributed by atoms with Crippen molar-refractivity contribution in [3.63, 3.8) is 0 Å². The van der Waals surface area contributed by atoms with Crippen LogP contribution in [0.2, 0.25) is 0 Å². The molecule has 0 radical (unpaired) electrons. The van der Waals surface area contributed by atoms with Crippen LogP contribution in [0.15, 0.2) is 22.7 Å². The molecule has 1 N–H and O–H groups in total. The van der Waals surface area contributed by atoms with E-state index in [-0.39, 0.29) is 23.8 Å². The summed E-state index contributed by atoms with van der Waals surface area (Å²) in [5.74, 6) is -1.60. The molecule has 0 bridgehead atoms. The van der Waals surface area contributed by atoms with E-state index in [1.807, 2.05) is 0 Å². The molecule has 1 aliphatic heterocycles. The molecule has 1 aromatic carbocycles. The van der Waals surface area contributed by atoms with Crippen molar-refractivity contribution in [3.05, 3.63) is 34.1 Å². The monoisotopic (exact) mass is 315 g/mol. The van der Waals surface area contributed by atoms with Crippen LogP contribution in [0.25, 0.3) is 0 Å². The number of amides is 1. The van der Waals surface area contributed by atoms with Gasteiger partial charge in [-0.15, -0.1) is 0 Å². The predicted octanol–water partition coefficient (Wildman–Crippen LogP) is 2.13. The summed E-state index contributed by atoms with van der Waals surface area (Å²) in [6.45, 7) is 0.839. The number of aliphatic carboxylic acids is 1. The second kappa shape index (κ2) is 5.06. The van der Waals surface area contributed by atoms with Gasteiger partial charge in [0.25, 0.3) is 5.91 Å². The Balaban J connectivity index is 1.97. The van der Waals surface area contributed by atoms with Crippen molar-refractivity contribution in [1.29, 1.82) is 0 Å². The van der Waals surface area contributed by atoms with E-state index in [0.717, 1.165) is 0 Å². The quantitative estimate of drug-likeness (QED) is 0.929. The second-order valence-electron chi connectivity index (χ2n) is 4.30. The maximum Gasteiger partial charge on any atom is 0.303 e. The number of hydrogen-bond donors (Lipinski definition) is 1. The third kappa shape index (κ3) is 2.69. The molecule has 0 aromatic heterocycles. The van der Waals surface area contributed by atoms with Crippen molar-refractivity contribution in [3.8, 4) is 0 Å². The van der Waals surface area contributed by atoms with Crippen LogP contribution in [0.1, 0.15) is 16.8 Å². The molecule has 0 unspecified atom stereocenters. The molecule has 6 heteroatoms. The zero-order chi connectivity index (χ0) is 13.3. The lowest BCUT2D eigenvalue weighted by Gasteiger charge is -2.38. The number of carboxylic acids is 1. The Bertz CT molecular complexity index is 500. The highest BCUT2D eigenvalue weighted by molar-refractivity contribution is 9.10. The molecule has 96 valence electrons. The molecule has 0 atom stereocenters. The lowest BCUT2D eigenvalue weighted by atomic mass is 9.95. The third-order valence-corrected chi connectivity index (χ3v) is 3.52. The summed E-state index contributed by atoms with van der Waals surface area (Å²) in [4.78, 5) is 23.9. The fraction of sp³-hybridized carbons (Fsp3) is 0.333. The van der Waals surface area contributed by atoms with Crippen molar-refractivity contribution in [2.75, 3.05) is 13.1 Å². The summed E-state index contributed by atoms with van der Waals surface area (Å²) in [7, 11) is 0. The maximum atomic E-state index is 13.3. The largest absolute Gasteiger partial charge is 0.481 e. The highest BCUT2D eigenvalue weighted by Crippen LogP contribution is 2.23. The summed E-state index contributed by atoms with van der Waals surface area (Å²) in [5.41, 5.74) is 0.282. The lowest BCUT2D eigenvalue weighted by molar-refractivity contribution is -0.139. The molecule has 1 aliphatic rings. The highest BCUT2D eigenvalue weighted by Gasteiger charge is 2.32. The number of rotatable bonds is 3. The first-order chi connectivity index (χ1) is 8.47. The normalized spacial score (nSPS) is 15.3. The van der Waals surface area contributed by atoms with Crippen molar-refractivity contribution in [2.24, 2.45) is 5.92 Å². The number of halogens is 2. The molecule has 0 saturated carbocycles. The van der Waals surface area contributed by atoms with Gasteiger partial charge in [0.15, 0.2) is 0 Å². The van der Waals surface area contributed by atoms with Crippen LogP contribution < -0.4 is 0 Å². The molecule has 1 heterocycles. The molecular formula is C12H11BrFNO3. The van der Waals surface area contributed by atoms with Gasteiger partial charge in [-0.25, -0.2) is 4.39 Å². The Hall–Kier alpha value is -1.43. The summed E-state index contributed by atoms with van der Waals surface area (Å²) < 4.78 is 13.6. The van der Waals surface area contributed by atoms with Gasteiger partial charge in [0.05, 0.1) is 10.9 Å². The molecule has 0 aliphatic carbocycles. The van der Waals surface area contributed by atoms with E-state index in [2.05, 4.69) is 15.9 Å². The Morgan fingerprint density at radius 1 is 1.44 bits per heavy atom. The molecule has 2 rings (SSSR count). The third-order valence-electron chi connectivity index (χ3n) is 2.87. The molecule has 1 fully saturated rings. The van der Waals surface area contributed by atoms with Crippen LogP contribution in [-0.4, -0.2) is 35.0 Å².